The summed E-state index contributed by atoms with van der Waals surface area (Å²) in [5, 5.41) is 14.9. The van der Waals surface area contributed by atoms with Gasteiger partial charge in [0.1, 0.15) is 6.61 Å². The summed E-state index contributed by atoms with van der Waals surface area (Å²) in [6.45, 7) is 0.729. The lowest BCUT2D eigenvalue weighted by atomic mass is 9.86. The molecule has 2 amide bonds. The molecule has 0 saturated heterocycles. The second-order valence-corrected chi connectivity index (χ2v) is 8.93. The summed E-state index contributed by atoms with van der Waals surface area (Å²) in [6, 6.07) is 16.3. The summed E-state index contributed by atoms with van der Waals surface area (Å²) < 4.78 is 5.49. The normalized spacial score (nSPS) is 16.0. The molecule has 0 aliphatic heterocycles. The number of nitrogens with one attached hydrogen (secondary N) is 2. The molecule has 3 N–H and O–H groups in total. The Bertz CT molecular complexity index is 983. The van der Waals surface area contributed by atoms with Crippen molar-refractivity contribution < 1.29 is 24.2 Å². The minimum absolute atomic E-state index is 0.00562. The lowest BCUT2D eigenvalue weighted by Crippen LogP contribution is -2.41. The number of amides is 2. The molecular weight excluding hydrogens is 420 g/mol. The van der Waals surface area contributed by atoms with E-state index in [0.29, 0.717) is 25.8 Å². The van der Waals surface area contributed by atoms with Crippen LogP contribution in [-0.4, -0.2) is 42.8 Å². The highest BCUT2D eigenvalue weighted by molar-refractivity contribution is 5.80. The Kier molecular flexibility index (Phi) is 6.96. The second kappa shape index (κ2) is 10.1. The van der Waals surface area contributed by atoms with E-state index in [2.05, 4.69) is 34.9 Å². The Balaban J connectivity index is 1.18. The first-order chi connectivity index (χ1) is 16.0. The number of aliphatic carboxylic acids is 1. The maximum Gasteiger partial charge on any atom is 0.407 e. The van der Waals surface area contributed by atoms with Crippen molar-refractivity contribution in [1.29, 1.82) is 0 Å². The summed E-state index contributed by atoms with van der Waals surface area (Å²) in [5.74, 6) is -1.03. The minimum Gasteiger partial charge on any atom is -0.481 e. The molecule has 0 spiro atoms. The number of fused-ring (bicyclic) bond motifs is 3. The fourth-order valence-electron chi connectivity index (χ4n) is 4.96. The molecule has 7 nitrogen and oxygen atoms in total. The Morgan fingerprint density at radius 1 is 0.939 bits per heavy atom. The van der Waals surface area contributed by atoms with Gasteiger partial charge in [-0.1, -0.05) is 61.4 Å². The molecule has 1 saturated carbocycles. The minimum atomic E-state index is -0.836. The van der Waals surface area contributed by atoms with Crippen molar-refractivity contribution >= 4 is 18.0 Å². The Labute approximate surface area is 193 Å². The van der Waals surface area contributed by atoms with E-state index in [4.69, 9.17) is 4.74 Å². The maximum atomic E-state index is 12.2. The molecule has 0 unspecified atom stereocenters. The molecule has 0 aromatic heterocycles. The van der Waals surface area contributed by atoms with Gasteiger partial charge in [0, 0.05) is 25.4 Å². The molecule has 0 heterocycles. The topological polar surface area (TPSA) is 105 Å². The Morgan fingerprint density at radius 3 is 2.15 bits per heavy atom. The van der Waals surface area contributed by atoms with Crippen LogP contribution in [0.3, 0.4) is 0 Å². The molecular formula is C26H30N2O5. The molecule has 2 aliphatic rings. The van der Waals surface area contributed by atoms with E-state index in [1.807, 2.05) is 24.3 Å². The van der Waals surface area contributed by atoms with Gasteiger partial charge >= 0.3 is 12.1 Å². The van der Waals surface area contributed by atoms with Gasteiger partial charge < -0.3 is 20.5 Å². The molecule has 1 fully saturated rings. The van der Waals surface area contributed by atoms with Gasteiger partial charge in [-0.3, -0.25) is 9.59 Å². The van der Waals surface area contributed by atoms with Crippen LogP contribution in [0.5, 0.6) is 0 Å². The zero-order chi connectivity index (χ0) is 23.3. The first-order valence-electron chi connectivity index (χ1n) is 11.6. The van der Waals surface area contributed by atoms with Crippen LogP contribution in [0.2, 0.25) is 0 Å². The molecule has 33 heavy (non-hydrogen) atoms. The molecule has 174 valence electrons. The SMILES string of the molecule is O=C(CCCNC(=O)OCC1c2ccccc2-c2ccccc21)NCC1(C(=O)O)CCCC1. The number of alkyl carbamates (subject to hydrolysis) is 1. The Morgan fingerprint density at radius 2 is 1.55 bits per heavy atom. The summed E-state index contributed by atoms with van der Waals surface area (Å²) in [6.07, 6.45) is 3.14. The van der Waals surface area contributed by atoms with Gasteiger partial charge in [-0.05, 0) is 41.5 Å². The molecule has 0 radical (unpaired) electrons. The summed E-state index contributed by atoms with van der Waals surface area (Å²) in [7, 11) is 0. The molecule has 2 aliphatic carbocycles. The van der Waals surface area contributed by atoms with Crippen molar-refractivity contribution in [3.63, 3.8) is 0 Å². The van der Waals surface area contributed by atoms with Crippen molar-refractivity contribution in [2.45, 2.75) is 44.4 Å². The molecule has 4 rings (SSSR count). The highest BCUT2D eigenvalue weighted by Crippen LogP contribution is 2.44. The maximum absolute atomic E-state index is 12.2. The molecule has 2 aromatic carbocycles. The zero-order valence-electron chi connectivity index (χ0n) is 18.6. The van der Waals surface area contributed by atoms with Crippen LogP contribution >= 0.6 is 0 Å². The first kappa shape index (κ1) is 22.8. The van der Waals surface area contributed by atoms with E-state index in [0.717, 1.165) is 24.0 Å². The van der Waals surface area contributed by atoms with Gasteiger partial charge in [0.2, 0.25) is 5.91 Å². The van der Waals surface area contributed by atoms with Crippen molar-refractivity contribution in [3.05, 3.63) is 59.7 Å². The van der Waals surface area contributed by atoms with E-state index in [-0.39, 0.29) is 31.4 Å². The summed E-state index contributed by atoms with van der Waals surface area (Å²) >= 11 is 0. The highest BCUT2D eigenvalue weighted by Gasteiger charge is 2.41. The highest BCUT2D eigenvalue weighted by atomic mass is 16.5. The Hall–Kier alpha value is -3.35. The number of carboxylic acids is 1. The van der Waals surface area contributed by atoms with Gasteiger partial charge in [-0.2, -0.15) is 0 Å². The van der Waals surface area contributed by atoms with Gasteiger partial charge in [0.05, 0.1) is 5.41 Å². The first-order valence-corrected chi connectivity index (χ1v) is 11.6. The third-order valence-electron chi connectivity index (χ3n) is 6.83. The predicted molar refractivity (Wildman–Crippen MR) is 124 cm³/mol. The van der Waals surface area contributed by atoms with Crippen LogP contribution in [0, 0.1) is 5.41 Å². The van der Waals surface area contributed by atoms with E-state index < -0.39 is 17.5 Å². The molecule has 0 bridgehead atoms. The zero-order valence-corrected chi connectivity index (χ0v) is 18.6. The number of carbonyl (C=O) groups is 3. The van der Waals surface area contributed by atoms with Crippen molar-refractivity contribution in [3.8, 4) is 11.1 Å². The van der Waals surface area contributed by atoms with E-state index in [1.165, 1.54) is 11.1 Å². The van der Waals surface area contributed by atoms with Crippen LogP contribution in [-0.2, 0) is 14.3 Å². The lowest BCUT2D eigenvalue weighted by Gasteiger charge is -2.23. The van der Waals surface area contributed by atoms with Gasteiger partial charge in [-0.25, -0.2) is 4.79 Å². The van der Waals surface area contributed by atoms with Crippen molar-refractivity contribution in [2.75, 3.05) is 19.7 Å². The lowest BCUT2D eigenvalue weighted by molar-refractivity contribution is -0.148. The second-order valence-electron chi connectivity index (χ2n) is 8.93. The van der Waals surface area contributed by atoms with Crippen molar-refractivity contribution in [2.24, 2.45) is 5.41 Å². The van der Waals surface area contributed by atoms with Gasteiger partial charge in [0.25, 0.3) is 0 Å². The number of benzene rings is 2. The smallest absolute Gasteiger partial charge is 0.407 e. The number of hydrogen-bond donors (Lipinski definition) is 3. The van der Waals surface area contributed by atoms with E-state index >= 15 is 0 Å². The number of hydrogen-bond acceptors (Lipinski definition) is 4. The number of carbonyl (C=O) groups excluding carboxylic acids is 2. The molecule has 0 atom stereocenters. The summed E-state index contributed by atoms with van der Waals surface area (Å²) in [4.78, 5) is 35.8. The largest absolute Gasteiger partial charge is 0.481 e. The fraction of sp³-hybridized carbons (Fsp3) is 0.423. The number of rotatable bonds is 9. The van der Waals surface area contributed by atoms with Crippen molar-refractivity contribution in [1.82, 2.24) is 10.6 Å². The summed E-state index contributed by atoms with van der Waals surface area (Å²) in [5.41, 5.74) is 3.84. The fourth-order valence-corrected chi connectivity index (χ4v) is 4.96. The van der Waals surface area contributed by atoms with Crippen LogP contribution in [0.15, 0.2) is 48.5 Å². The van der Waals surface area contributed by atoms with Crippen LogP contribution in [0.25, 0.3) is 11.1 Å². The average molecular weight is 451 g/mol. The van der Waals surface area contributed by atoms with Crippen LogP contribution in [0.1, 0.15) is 55.6 Å². The van der Waals surface area contributed by atoms with Gasteiger partial charge in [-0.15, -0.1) is 0 Å². The van der Waals surface area contributed by atoms with Gasteiger partial charge in [0.15, 0.2) is 0 Å². The number of ether oxygens (including phenoxy) is 1. The monoisotopic (exact) mass is 450 g/mol. The van der Waals surface area contributed by atoms with E-state index in [9.17, 15) is 19.5 Å². The third-order valence-corrected chi connectivity index (χ3v) is 6.83. The molecule has 7 heteroatoms. The van der Waals surface area contributed by atoms with Crippen LogP contribution < -0.4 is 10.6 Å². The quantitative estimate of drug-likeness (QED) is 0.500. The standard InChI is InChI=1S/C26H30N2O5/c29-23(28-17-26(24(30)31)13-5-6-14-26)12-7-15-27-25(32)33-16-22-20-10-3-1-8-18(20)19-9-2-4-11-21(19)22/h1-4,8-11,22H,5-7,12-17H2,(H,27,32)(H,28,29)(H,30,31). The predicted octanol–water partition coefficient (Wildman–Crippen LogP) is 4.07. The van der Waals surface area contributed by atoms with E-state index in [1.54, 1.807) is 0 Å². The van der Waals surface area contributed by atoms with Crippen LogP contribution in [0.4, 0.5) is 4.79 Å². The number of carboxylic acid groups (broad SMARTS) is 1. The third kappa shape index (κ3) is 5.02. The molecule has 2 aromatic rings. The average Bonchev–Trinajstić information content (AvgIpc) is 3.43.